The molecule has 0 saturated carbocycles. The van der Waals surface area contributed by atoms with E-state index in [0.717, 1.165) is 11.4 Å². The van der Waals surface area contributed by atoms with Gasteiger partial charge in [-0.25, -0.2) is 0 Å². The van der Waals surface area contributed by atoms with Crippen LogP contribution in [0.3, 0.4) is 0 Å². The van der Waals surface area contributed by atoms with Crippen LogP contribution >= 0.6 is 0 Å². The monoisotopic (exact) mass is 1060 g/mol. The number of rotatable bonds is 5. The quantitative estimate of drug-likeness (QED) is 0.159. The second-order valence-electron chi connectivity index (χ2n) is 24.2. The maximum atomic E-state index is 2.57. The molecule has 2 aliphatic heterocycles. The summed E-state index contributed by atoms with van der Waals surface area (Å²) in [6, 6.07) is 106. The Morgan fingerprint density at radius 1 is 0.229 bits per heavy atom. The minimum Gasteiger partial charge on any atom is -0.310 e. The summed E-state index contributed by atoms with van der Waals surface area (Å²) in [6.45, 7) is 9.71. The molecular formula is C81H58N2. The highest BCUT2D eigenvalue weighted by Gasteiger charge is 2.52. The number of para-hydroxylation sites is 4. The fraction of sp³-hybridized carbons (Fsp3) is 0.0864. The maximum absolute atomic E-state index is 2.57. The Balaban J connectivity index is 0.998. The Kier molecular flexibility index (Phi) is 10.1. The fourth-order valence-electron chi connectivity index (χ4n) is 16.1. The first kappa shape index (κ1) is 47.8. The van der Waals surface area contributed by atoms with Crippen molar-refractivity contribution in [2.75, 3.05) is 9.80 Å². The molecule has 0 radical (unpaired) electrons. The highest BCUT2D eigenvalue weighted by Crippen LogP contribution is 2.65. The summed E-state index contributed by atoms with van der Waals surface area (Å²) < 4.78 is 0. The van der Waals surface area contributed by atoms with Gasteiger partial charge in [-0.15, -0.1) is 0 Å². The minimum atomic E-state index is -0.489. The molecular weight excluding hydrogens is 1000 g/mol. The first-order valence-electron chi connectivity index (χ1n) is 29.3. The zero-order valence-electron chi connectivity index (χ0n) is 47.0. The molecule has 0 aromatic heterocycles. The standard InChI is InChI=1S/C81H58N2/c1-79(2)68-43-17-19-46-71(68)82(51-26-7-5-8-27-51)73-48-24-37-59(77(73)79)53-33-21-35-57-63(53)50-64-54(60-38-25-49-74-78(60)80(3,4)69-44-18-20-47-72(69)83(74)52-28-9-6-10-29-52)34-22-36-58(64)75(57)62-39-23-45-70-76(62)61-32-13-16-42-67(61)81(70)65-40-14-11-30-55(65)56-31-12-15-41-66(56)81/h5-50H,1-4H3. The zero-order chi connectivity index (χ0) is 55.3. The summed E-state index contributed by atoms with van der Waals surface area (Å²) in [4.78, 5) is 4.97. The molecule has 83 heavy (non-hydrogen) atoms. The lowest BCUT2D eigenvalue weighted by atomic mass is 9.70. The van der Waals surface area contributed by atoms with Crippen LogP contribution in [0.5, 0.6) is 0 Å². The van der Waals surface area contributed by atoms with Crippen LogP contribution in [0.15, 0.2) is 279 Å². The molecule has 2 nitrogen and oxygen atoms in total. The lowest BCUT2D eigenvalue weighted by molar-refractivity contribution is 0.633. The van der Waals surface area contributed by atoms with E-state index in [4.69, 9.17) is 0 Å². The number of hydrogen-bond acceptors (Lipinski definition) is 2. The molecule has 0 atom stereocenters. The number of nitrogens with zero attached hydrogens (tertiary/aromatic N) is 2. The molecule has 2 aliphatic carbocycles. The van der Waals surface area contributed by atoms with Crippen LogP contribution in [0.2, 0.25) is 0 Å². The average Bonchev–Trinajstić information content (AvgIpc) is 1.69. The third kappa shape index (κ3) is 6.38. The van der Waals surface area contributed by atoms with Crippen molar-refractivity contribution in [1.82, 2.24) is 0 Å². The van der Waals surface area contributed by atoms with Crippen molar-refractivity contribution in [3.63, 3.8) is 0 Å². The van der Waals surface area contributed by atoms with E-state index in [0.29, 0.717) is 0 Å². The normalized spacial score (nSPS) is 15.0. The van der Waals surface area contributed by atoms with Crippen molar-refractivity contribution in [3.8, 4) is 55.6 Å². The minimum absolute atomic E-state index is 0.345. The van der Waals surface area contributed by atoms with E-state index in [2.05, 4.69) is 317 Å². The van der Waals surface area contributed by atoms with Crippen molar-refractivity contribution in [3.05, 3.63) is 324 Å². The first-order valence-corrected chi connectivity index (χ1v) is 29.3. The van der Waals surface area contributed by atoms with Gasteiger partial charge in [0.25, 0.3) is 0 Å². The van der Waals surface area contributed by atoms with Crippen LogP contribution in [0.25, 0.3) is 77.2 Å². The van der Waals surface area contributed by atoms with E-state index < -0.39 is 5.41 Å². The van der Waals surface area contributed by atoms with Crippen LogP contribution in [0.4, 0.5) is 34.1 Å². The third-order valence-electron chi connectivity index (χ3n) is 19.4. The predicted octanol–water partition coefficient (Wildman–Crippen LogP) is 21.6. The summed E-state index contributed by atoms with van der Waals surface area (Å²) in [5.41, 5.74) is 29.2. The van der Waals surface area contributed by atoms with Crippen molar-refractivity contribution in [2.45, 2.75) is 43.9 Å². The molecule has 0 fully saturated rings. The molecule has 2 heteroatoms. The van der Waals surface area contributed by atoms with Crippen molar-refractivity contribution >= 4 is 55.7 Å². The van der Waals surface area contributed by atoms with Crippen molar-refractivity contribution < 1.29 is 0 Å². The van der Waals surface area contributed by atoms with Crippen LogP contribution in [0, 0.1) is 0 Å². The highest BCUT2D eigenvalue weighted by atomic mass is 15.2. The van der Waals surface area contributed by atoms with Gasteiger partial charge in [0.2, 0.25) is 0 Å². The van der Waals surface area contributed by atoms with Gasteiger partial charge in [0.15, 0.2) is 0 Å². The smallest absolute Gasteiger partial charge is 0.0725 e. The summed E-state index contributed by atoms with van der Waals surface area (Å²) in [6.07, 6.45) is 0. The highest BCUT2D eigenvalue weighted by molar-refractivity contribution is 6.21. The van der Waals surface area contributed by atoms with Gasteiger partial charge in [0, 0.05) is 22.2 Å². The van der Waals surface area contributed by atoms with E-state index in [1.807, 2.05) is 0 Å². The Morgan fingerprint density at radius 3 is 1.06 bits per heavy atom. The summed E-state index contributed by atoms with van der Waals surface area (Å²) in [5.74, 6) is 0. The molecule has 4 aliphatic rings. The van der Waals surface area contributed by atoms with Gasteiger partial charge in [-0.05, 0) is 176 Å². The topological polar surface area (TPSA) is 6.48 Å². The van der Waals surface area contributed by atoms with Gasteiger partial charge < -0.3 is 9.80 Å². The van der Waals surface area contributed by atoms with Crippen molar-refractivity contribution in [1.29, 1.82) is 0 Å². The summed E-state index contributed by atoms with van der Waals surface area (Å²) >= 11 is 0. The number of anilines is 6. The van der Waals surface area contributed by atoms with Gasteiger partial charge in [-0.1, -0.05) is 252 Å². The Morgan fingerprint density at radius 2 is 0.566 bits per heavy atom. The molecule has 0 saturated heterocycles. The third-order valence-corrected chi connectivity index (χ3v) is 19.4. The van der Waals surface area contributed by atoms with E-state index in [1.54, 1.807) is 0 Å². The van der Waals surface area contributed by atoms with Crippen molar-refractivity contribution in [2.24, 2.45) is 0 Å². The number of benzene rings is 13. The Hall–Kier alpha value is -10.0. The van der Waals surface area contributed by atoms with E-state index >= 15 is 0 Å². The summed E-state index contributed by atoms with van der Waals surface area (Å²) in [7, 11) is 0. The molecule has 1 spiro atoms. The molecule has 13 aromatic carbocycles. The maximum Gasteiger partial charge on any atom is 0.0725 e. The van der Waals surface area contributed by atoms with Crippen LogP contribution in [-0.4, -0.2) is 0 Å². The van der Waals surface area contributed by atoms with Crippen LogP contribution in [0.1, 0.15) is 72.2 Å². The molecule has 17 rings (SSSR count). The SMILES string of the molecule is CC1(C)c2ccccc2N(c2ccccc2)c2cccc(-c3cccc4c(-c5cccc6c5-c5ccccc5C65c6ccccc6-c6ccccc65)c5cccc(-c6cccc7c6C(C)(C)c6ccccc6N7c6ccccc6)c5cc34)c21. The molecule has 0 N–H and O–H groups in total. The lowest BCUT2D eigenvalue weighted by Crippen LogP contribution is -2.31. The van der Waals surface area contributed by atoms with E-state index in [1.165, 1.54) is 144 Å². The zero-order valence-corrected chi connectivity index (χ0v) is 47.0. The predicted molar refractivity (Wildman–Crippen MR) is 348 cm³/mol. The largest absolute Gasteiger partial charge is 0.310 e. The molecule has 0 amide bonds. The van der Waals surface area contributed by atoms with Gasteiger partial charge in [0.1, 0.15) is 0 Å². The second kappa shape index (κ2) is 17.5. The first-order chi connectivity index (χ1) is 40.8. The van der Waals surface area contributed by atoms with Gasteiger partial charge >= 0.3 is 0 Å². The number of fused-ring (bicyclic) bond motifs is 16. The second-order valence-corrected chi connectivity index (χ2v) is 24.2. The molecule has 13 aromatic rings. The van der Waals surface area contributed by atoms with Crippen LogP contribution in [-0.2, 0) is 16.2 Å². The summed E-state index contributed by atoms with van der Waals surface area (Å²) in [5, 5.41) is 4.93. The lowest BCUT2D eigenvalue weighted by Gasteiger charge is -2.43. The Labute approximate surface area is 485 Å². The molecule has 392 valence electrons. The molecule has 0 unspecified atom stereocenters. The van der Waals surface area contributed by atoms with E-state index in [9.17, 15) is 0 Å². The fourth-order valence-corrected chi connectivity index (χ4v) is 16.1. The Bertz CT molecular complexity index is 4620. The average molecular weight is 1060 g/mol. The van der Waals surface area contributed by atoms with Gasteiger partial charge in [-0.3, -0.25) is 0 Å². The van der Waals surface area contributed by atoms with E-state index in [-0.39, 0.29) is 10.8 Å². The van der Waals surface area contributed by atoms with Crippen LogP contribution < -0.4 is 9.80 Å². The molecule has 2 heterocycles. The molecule has 0 bridgehead atoms. The number of hydrogen-bond donors (Lipinski definition) is 0. The van der Waals surface area contributed by atoms with Gasteiger partial charge in [-0.2, -0.15) is 0 Å². The van der Waals surface area contributed by atoms with Gasteiger partial charge in [0.05, 0.1) is 28.2 Å².